The van der Waals surface area contributed by atoms with Gasteiger partial charge in [0, 0.05) is 21.9 Å². The van der Waals surface area contributed by atoms with Crippen molar-refractivity contribution in [2.24, 2.45) is 0 Å². The van der Waals surface area contributed by atoms with Crippen molar-refractivity contribution in [1.82, 2.24) is 0 Å². The third kappa shape index (κ3) is 5.62. The van der Waals surface area contributed by atoms with Crippen LogP contribution in [-0.4, -0.2) is 10.5 Å². The Balaban J connectivity index is 1.58. The van der Waals surface area contributed by atoms with E-state index in [1.807, 2.05) is 84.9 Å². The molecule has 3 nitrogen and oxygen atoms in total. The highest BCUT2D eigenvalue weighted by Gasteiger charge is 2.27. The Morgan fingerprint density at radius 1 is 0.703 bits per heavy atom. The van der Waals surface area contributed by atoms with Gasteiger partial charge in [-0.15, -0.1) is 0 Å². The van der Waals surface area contributed by atoms with Gasteiger partial charge in [-0.05, 0) is 65.2 Å². The van der Waals surface area contributed by atoms with Gasteiger partial charge in [-0.25, -0.2) is 0 Å². The van der Waals surface area contributed by atoms with Crippen molar-refractivity contribution < 1.29 is 9.35 Å². The van der Waals surface area contributed by atoms with Gasteiger partial charge in [0.2, 0.25) is 0 Å². The second-order valence-corrected chi connectivity index (χ2v) is 10.4. The molecular weight excluding hydrogens is 498 g/mol. The molecule has 182 valence electrons. The lowest BCUT2D eigenvalue weighted by Crippen LogP contribution is -2.31. The standard InChI is InChI=1S/C32H24ClNO2S/c33-26-19-21-27(22-20-26)34(23-25-13-7-8-16-29(25)24-11-3-1-4-12-24)32(35)30-17-9-10-18-31(30)37(36)28-14-5-2-6-15-28/h1-22H,23H2. The lowest BCUT2D eigenvalue weighted by Gasteiger charge is -2.25. The minimum atomic E-state index is -1.50. The monoisotopic (exact) mass is 521 g/mol. The number of carbonyl (C=O) groups excluding carboxylic acids is 1. The number of halogens is 1. The average molecular weight is 522 g/mol. The molecule has 0 radical (unpaired) electrons. The predicted octanol–water partition coefficient (Wildman–Crippen LogP) is 8.02. The zero-order chi connectivity index (χ0) is 25.6. The van der Waals surface area contributed by atoms with Crippen LogP contribution in [0.5, 0.6) is 0 Å². The zero-order valence-electron chi connectivity index (χ0n) is 20.0. The molecule has 0 aliphatic rings. The highest BCUT2D eigenvalue weighted by atomic mass is 35.5. The van der Waals surface area contributed by atoms with Crippen LogP contribution in [0.4, 0.5) is 5.69 Å². The summed E-state index contributed by atoms with van der Waals surface area (Å²) in [5, 5.41) is 0.589. The number of nitrogens with zero attached hydrogens (tertiary/aromatic N) is 1. The molecule has 0 aliphatic heterocycles. The van der Waals surface area contributed by atoms with E-state index < -0.39 is 11.2 Å². The molecule has 1 atom stereocenters. The third-order valence-corrected chi connectivity index (χ3v) is 7.80. The third-order valence-electron chi connectivity index (χ3n) is 6.09. The van der Waals surface area contributed by atoms with Crippen molar-refractivity contribution in [1.29, 1.82) is 0 Å². The van der Waals surface area contributed by atoms with Gasteiger partial charge in [-0.2, -0.15) is 0 Å². The van der Waals surface area contributed by atoms with Crippen molar-refractivity contribution in [3.63, 3.8) is 0 Å². The minimum absolute atomic E-state index is 0.231. The number of carbonyl (C=O) groups is 1. The van der Waals surface area contributed by atoms with Gasteiger partial charge in [-0.1, -0.05) is 96.5 Å². The second-order valence-electron chi connectivity index (χ2n) is 8.47. The van der Waals surface area contributed by atoms with Gasteiger partial charge >= 0.3 is 0 Å². The van der Waals surface area contributed by atoms with Crippen LogP contribution in [0.25, 0.3) is 11.1 Å². The van der Waals surface area contributed by atoms with Crippen molar-refractivity contribution in [3.05, 3.63) is 150 Å². The van der Waals surface area contributed by atoms with E-state index in [1.54, 1.807) is 35.2 Å². The summed E-state index contributed by atoms with van der Waals surface area (Å²) in [4.78, 5) is 17.0. The largest absolute Gasteiger partial charge is 0.606 e. The van der Waals surface area contributed by atoms with Gasteiger partial charge < -0.3 is 9.45 Å². The first-order valence-electron chi connectivity index (χ1n) is 11.9. The fourth-order valence-electron chi connectivity index (χ4n) is 4.25. The molecule has 5 aromatic carbocycles. The first kappa shape index (κ1) is 24.8. The number of anilines is 1. The molecule has 0 saturated carbocycles. The fraction of sp³-hybridized carbons (Fsp3) is 0.0312. The molecular formula is C32H24ClNO2S. The van der Waals surface area contributed by atoms with E-state index in [-0.39, 0.29) is 5.91 Å². The smallest absolute Gasteiger partial charge is 0.263 e. The lowest BCUT2D eigenvalue weighted by molar-refractivity contribution is 0.0982. The summed E-state index contributed by atoms with van der Waals surface area (Å²) in [6.45, 7) is 0.331. The Labute approximate surface area is 225 Å². The van der Waals surface area contributed by atoms with Gasteiger partial charge in [0.1, 0.15) is 0 Å². The number of amides is 1. The number of benzene rings is 5. The molecule has 0 aliphatic carbocycles. The van der Waals surface area contributed by atoms with Crippen LogP contribution >= 0.6 is 11.6 Å². The lowest BCUT2D eigenvalue weighted by atomic mass is 9.99. The van der Waals surface area contributed by atoms with Crippen LogP contribution in [0.3, 0.4) is 0 Å². The summed E-state index contributed by atoms with van der Waals surface area (Å²) < 4.78 is 13.5. The Morgan fingerprint density at radius 2 is 1.30 bits per heavy atom. The Morgan fingerprint density at radius 3 is 2.03 bits per heavy atom. The summed E-state index contributed by atoms with van der Waals surface area (Å²) >= 11 is 4.66. The Bertz CT molecular complexity index is 1490. The molecule has 5 rings (SSSR count). The fourth-order valence-corrected chi connectivity index (χ4v) is 5.59. The maximum atomic E-state index is 14.2. The van der Waals surface area contributed by atoms with Gasteiger partial charge in [-0.3, -0.25) is 4.79 Å². The molecule has 5 aromatic rings. The molecule has 0 heterocycles. The van der Waals surface area contributed by atoms with Crippen LogP contribution in [0, 0.1) is 0 Å². The van der Waals surface area contributed by atoms with Gasteiger partial charge in [0.25, 0.3) is 5.91 Å². The average Bonchev–Trinajstić information content (AvgIpc) is 2.97. The normalized spacial score (nSPS) is 11.6. The summed E-state index contributed by atoms with van der Waals surface area (Å²) in [7, 11) is 0. The molecule has 1 amide bonds. The van der Waals surface area contributed by atoms with Crippen molar-refractivity contribution >= 4 is 34.4 Å². The maximum absolute atomic E-state index is 14.2. The van der Waals surface area contributed by atoms with Crippen molar-refractivity contribution in [2.75, 3.05) is 4.90 Å². The van der Waals surface area contributed by atoms with E-state index in [2.05, 4.69) is 18.2 Å². The van der Waals surface area contributed by atoms with Crippen LogP contribution in [0.1, 0.15) is 15.9 Å². The highest BCUT2D eigenvalue weighted by molar-refractivity contribution is 7.91. The molecule has 0 saturated heterocycles. The topological polar surface area (TPSA) is 43.4 Å². The molecule has 5 heteroatoms. The SMILES string of the molecule is O=C(c1ccccc1[S+]([O-])c1ccccc1)N(Cc1ccccc1-c1ccccc1)c1ccc(Cl)cc1. The zero-order valence-corrected chi connectivity index (χ0v) is 21.5. The quantitative estimate of drug-likeness (QED) is 0.203. The minimum Gasteiger partial charge on any atom is -0.606 e. The molecule has 0 aromatic heterocycles. The van der Waals surface area contributed by atoms with Crippen LogP contribution < -0.4 is 4.90 Å². The van der Waals surface area contributed by atoms with E-state index >= 15 is 0 Å². The molecule has 0 bridgehead atoms. The first-order chi connectivity index (χ1) is 18.1. The summed E-state index contributed by atoms with van der Waals surface area (Å²) in [6.07, 6.45) is 0. The van der Waals surface area contributed by atoms with E-state index in [1.165, 1.54) is 0 Å². The Kier molecular flexibility index (Phi) is 7.71. The van der Waals surface area contributed by atoms with Crippen molar-refractivity contribution in [2.45, 2.75) is 16.3 Å². The molecule has 1 unspecified atom stereocenters. The Hall–Kier alpha value is -3.83. The second kappa shape index (κ2) is 11.5. The van der Waals surface area contributed by atoms with Gasteiger partial charge in [0.15, 0.2) is 9.79 Å². The molecule has 0 spiro atoms. The molecule has 0 N–H and O–H groups in total. The summed E-state index contributed by atoms with van der Waals surface area (Å²) in [5.41, 5.74) is 4.23. The van der Waals surface area contributed by atoms with E-state index in [4.69, 9.17) is 11.6 Å². The summed E-state index contributed by atoms with van der Waals surface area (Å²) in [6, 6.07) is 41.7. The first-order valence-corrected chi connectivity index (χ1v) is 13.4. The number of hydrogen-bond donors (Lipinski definition) is 0. The number of hydrogen-bond acceptors (Lipinski definition) is 2. The molecule has 0 fully saturated rings. The van der Waals surface area contributed by atoms with Crippen LogP contribution in [0.2, 0.25) is 5.02 Å². The maximum Gasteiger partial charge on any atom is 0.263 e. The van der Waals surface area contributed by atoms with E-state index in [9.17, 15) is 9.35 Å². The molecule has 37 heavy (non-hydrogen) atoms. The van der Waals surface area contributed by atoms with Crippen LogP contribution in [0.15, 0.2) is 143 Å². The van der Waals surface area contributed by atoms with E-state index in [0.717, 1.165) is 16.7 Å². The highest BCUT2D eigenvalue weighted by Crippen LogP contribution is 2.31. The van der Waals surface area contributed by atoms with Crippen molar-refractivity contribution in [3.8, 4) is 11.1 Å². The number of rotatable bonds is 7. The van der Waals surface area contributed by atoms with Crippen LogP contribution in [-0.2, 0) is 17.7 Å². The predicted molar refractivity (Wildman–Crippen MR) is 151 cm³/mol. The van der Waals surface area contributed by atoms with E-state index in [0.29, 0.717) is 32.6 Å². The summed E-state index contributed by atoms with van der Waals surface area (Å²) in [5.74, 6) is -0.231. The van der Waals surface area contributed by atoms with Gasteiger partial charge in [0.05, 0.1) is 12.1 Å².